The Labute approximate surface area is 339 Å². The average Bonchev–Trinajstić information content (AvgIpc) is 3.22. The quantitative estimate of drug-likeness (QED) is 0.0231. The Bertz CT molecular complexity index is 1980. The number of nitrogens with zero attached hydrogens (tertiary/aromatic N) is 5. The van der Waals surface area contributed by atoms with Gasteiger partial charge in [0.05, 0.1) is 51.8 Å². The molecular formula is C44H53N5O9. The van der Waals surface area contributed by atoms with Crippen LogP contribution in [0.5, 0.6) is 5.75 Å². The Balaban J connectivity index is 1.13. The molecule has 1 atom stereocenters. The fraction of sp³-hybridized carbons (Fsp3) is 0.409. The summed E-state index contributed by atoms with van der Waals surface area (Å²) in [6.45, 7) is 11.6. The van der Waals surface area contributed by atoms with E-state index in [9.17, 15) is 29.8 Å². The van der Waals surface area contributed by atoms with Gasteiger partial charge in [0.2, 0.25) is 0 Å². The van der Waals surface area contributed by atoms with Crippen molar-refractivity contribution in [2.45, 2.75) is 73.1 Å². The second kappa shape index (κ2) is 21.4. The van der Waals surface area contributed by atoms with Gasteiger partial charge in [-0.05, 0) is 138 Å². The number of esters is 2. The number of anilines is 1. The molecule has 0 aliphatic rings. The van der Waals surface area contributed by atoms with Crippen LogP contribution in [0.2, 0.25) is 0 Å². The van der Waals surface area contributed by atoms with E-state index in [1.807, 2.05) is 69.3 Å². The third-order valence-corrected chi connectivity index (χ3v) is 10.00. The highest BCUT2D eigenvalue weighted by Crippen LogP contribution is 2.39. The maximum absolute atomic E-state index is 13.3. The first-order valence-corrected chi connectivity index (χ1v) is 19.6. The Kier molecular flexibility index (Phi) is 16.4. The number of carbonyl (C=O) groups excluding carboxylic acids is 2. The van der Waals surface area contributed by atoms with Crippen molar-refractivity contribution < 1.29 is 33.6 Å². The summed E-state index contributed by atoms with van der Waals surface area (Å²) in [5, 5.41) is 30.1. The molecule has 1 unspecified atom stereocenters. The number of azo groups is 1. The molecule has 0 amide bonds. The molecule has 14 nitrogen and oxygen atoms in total. The Morgan fingerprint density at radius 3 is 1.64 bits per heavy atom. The van der Waals surface area contributed by atoms with Crippen molar-refractivity contribution in [3.8, 4) is 16.9 Å². The summed E-state index contributed by atoms with van der Waals surface area (Å²) in [5.74, 6) is 0.0607. The monoisotopic (exact) mass is 795 g/mol. The van der Waals surface area contributed by atoms with Gasteiger partial charge in [0.15, 0.2) is 0 Å². The van der Waals surface area contributed by atoms with E-state index >= 15 is 0 Å². The van der Waals surface area contributed by atoms with E-state index in [-0.39, 0.29) is 36.3 Å². The summed E-state index contributed by atoms with van der Waals surface area (Å²) in [6, 6.07) is 27.3. The number of hydrogen-bond donors (Lipinski definition) is 0. The maximum Gasteiger partial charge on any atom is 0.311 e. The van der Waals surface area contributed by atoms with Crippen molar-refractivity contribution in [3.05, 3.63) is 117 Å². The molecule has 308 valence electrons. The third-order valence-electron chi connectivity index (χ3n) is 10.00. The van der Waals surface area contributed by atoms with Crippen molar-refractivity contribution in [2.24, 2.45) is 21.1 Å². The first-order chi connectivity index (χ1) is 27.7. The van der Waals surface area contributed by atoms with Gasteiger partial charge in [-0.2, -0.15) is 10.2 Å². The number of unbranched alkanes of at least 4 members (excludes halogenated alkanes) is 3. The number of hydrogen-bond acceptors (Lipinski definition) is 12. The lowest BCUT2D eigenvalue weighted by Crippen LogP contribution is -2.39. The smallest absolute Gasteiger partial charge is 0.311 e. The van der Waals surface area contributed by atoms with E-state index in [0.29, 0.717) is 44.1 Å². The highest BCUT2D eigenvalue weighted by molar-refractivity contribution is 5.80. The Hall–Kier alpha value is -6.18. The lowest BCUT2D eigenvalue weighted by molar-refractivity contribution is -0.385. The van der Waals surface area contributed by atoms with Crippen molar-refractivity contribution in [1.29, 1.82) is 0 Å². The summed E-state index contributed by atoms with van der Waals surface area (Å²) < 4.78 is 17.3. The molecule has 0 N–H and O–H groups in total. The van der Waals surface area contributed by atoms with Crippen molar-refractivity contribution in [2.75, 3.05) is 37.8 Å². The van der Waals surface area contributed by atoms with E-state index in [4.69, 9.17) is 14.2 Å². The van der Waals surface area contributed by atoms with E-state index in [1.165, 1.54) is 36.4 Å². The number of nitro groups is 2. The van der Waals surface area contributed by atoms with Gasteiger partial charge in [0.1, 0.15) is 12.4 Å². The highest BCUT2D eigenvalue weighted by atomic mass is 16.6. The van der Waals surface area contributed by atoms with Gasteiger partial charge in [-0.25, -0.2) is 0 Å². The molecule has 0 fully saturated rings. The second-order valence-corrected chi connectivity index (χ2v) is 14.9. The van der Waals surface area contributed by atoms with E-state index < -0.39 is 20.7 Å². The molecule has 4 rings (SSSR count). The van der Waals surface area contributed by atoms with Crippen LogP contribution < -0.4 is 9.64 Å². The van der Waals surface area contributed by atoms with Crippen molar-refractivity contribution in [1.82, 2.24) is 0 Å². The molecule has 0 aromatic heterocycles. The zero-order valence-corrected chi connectivity index (χ0v) is 33.9. The van der Waals surface area contributed by atoms with Crippen LogP contribution in [-0.2, 0) is 19.1 Å². The molecule has 0 radical (unpaired) electrons. The molecule has 0 aliphatic heterocycles. The summed E-state index contributed by atoms with van der Waals surface area (Å²) in [5.41, 5.74) is 2.16. The van der Waals surface area contributed by atoms with Crippen LogP contribution in [0.1, 0.15) is 73.1 Å². The van der Waals surface area contributed by atoms with Gasteiger partial charge in [-0.15, -0.1) is 0 Å². The summed E-state index contributed by atoms with van der Waals surface area (Å²) in [6.07, 6.45) is 4.18. The molecule has 0 spiro atoms. The van der Waals surface area contributed by atoms with Crippen LogP contribution >= 0.6 is 0 Å². The highest BCUT2D eigenvalue weighted by Gasteiger charge is 2.43. The minimum atomic E-state index is -0.914. The normalized spacial score (nSPS) is 12.4. The molecule has 0 bridgehead atoms. The topological polar surface area (TPSA) is 176 Å². The molecule has 58 heavy (non-hydrogen) atoms. The zero-order chi connectivity index (χ0) is 42.1. The number of non-ortho nitro benzene ring substituents is 2. The first kappa shape index (κ1) is 44.5. The minimum absolute atomic E-state index is 0.0127. The molecule has 0 aliphatic carbocycles. The molecule has 0 saturated heterocycles. The van der Waals surface area contributed by atoms with E-state index in [1.54, 1.807) is 26.0 Å². The maximum atomic E-state index is 13.3. The third kappa shape index (κ3) is 13.2. The van der Waals surface area contributed by atoms with Crippen molar-refractivity contribution in [3.63, 3.8) is 0 Å². The molecular weight excluding hydrogens is 743 g/mol. The van der Waals surface area contributed by atoms with Crippen molar-refractivity contribution >= 4 is 40.4 Å². The first-order valence-electron chi connectivity index (χ1n) is 19.6. The van der Waals surface area contributed by atoms with Gasteiger partial charge in [0.25, 0.3) is 11.4 Å². The van der Waals surface area contributed by atoms with Crippen LogP contribution in [0.15, 0.2) is 107 Å². The number of benzene rings is 4. The van der Waals surface area contributed by atoms with Gasteiger partial charge < -0.3 is 19.1 Å². The summed E-state index contributed by atoms with van der Waals surface area (Å²) >= 11 is 0. The molecule has 4 aromatic rings. The van der Waals surface area contributed by atoms with Gasteiger partial charge >= 0.3 is 11.9 Å². The number of carbonyl (C=O) groups is 2. The number of ether oxygens (including phenoxy) is 3. The largest absolute Gasteiger partial charge is 0.494 e. The summed E-state index contributed by atoms with van der Waals surface area (Å²) in [4.78, 5) is 49.5. The van der Waals surface area contributed by atoms with Crippen LogP contribution in [0.25, 0.3) is 11.1 Å². The Morgan fingerprint density at radius 2 is 1.12 bits per heavy atom. The lowest BCUT2D eigenvalue weighted by atomic mass is 9.72. The second-order valence-electron chi connectivity index (χ2n) is 14.9. The zero-order valence-electron chi connectivity index (χ0n) is 33.9. The van der Waals surface area contributed by atoms with E-state index in [0.717, 1.165) is 48.2 Å². The molecule has 14 heteroatoms. The van der Waals surface area contributed by atoms with Crippen LogP contribution in [0, 0.1) is 31.1 Å². The van der Waals surface area contributed by atoms with Gasteiger partial charge in [-0.1, -0.05) is 19.1 Å². The number of likely N-dealkylation sites (N-methyl/N-ethyl adjacent to an activating group) is 1. The number of rotatable bonds is 23. The van der Waals surface area contributed by atoms with E-state index in [2.05, 4.69) is 15.1 Å². The fourth-order valence-corrected chi connectivity index (χ4v) is 6.40. The molecule has 4 aromatic carbocycles. The fourth-order valence-electron chi connectivity index (χ4n) is 6.40. The van der Waals surface area contributed by atoms with Crippen LogP contribution in [-0.4, -0.2) is 54.7 Å². The van der Waals surface area contributed by atoms with Crippen LogP contribution in [0.3, 0.4) is 0 Å². The predicted molar refractivity (Wildman–Crippen MR) is 223 cm³/mol. The minimum Gasteiger partial charge on any atom is -0.494 e. The predicted octanol–water partition coefficient (Wildman–Crippen LogP) is 11.0. The lowest BCUT2D eigenvalue weighted by Gasteiger charge is -2.34. The average molecular weight is 796 g/mol. The van der Waals surface area contributed by atoms with Gasteiger partial charge in [0, 0.05) is 36.5 Å². The standard InChI is InChI=1S/C44H53N5O9/c1-6-44(5,42(51)57-30-11-9-8-10-29-56-40-26-14-34(15-27-40)33-12-20-38(21-13-33)48(52)53)32-43(3,4)41(50)58-31-28-47(7-2)37-22-16-35(17-23-37)45-46-36-18-24-39(25-19-36)49(54)55/h12-27H,6-11,28-32H2,1-5H3. The van der Waals surface area contributed by atoms with Gasteiger partial charge in [-0.3, -0.25) is 29.8 Å². The van der Waals surface area contributed by atoms with Crippen LogP contribution in [0.4, 0.5) is 28.4 Å². The summed E-state index contributed by atoms with van der Waals surface area (Å²) in [7, 11) is 0. The number of nitro benzene ring substituents is 2. The molecule has 0 heterocycles. The SMILES string of the molecule is CCN(CCOC(=O)C(C)(C)CC(C)(CC)C(=O)OCCCCCCOc1ccc(-c2ccc([N+](=O)[O-])cc2)cc1)c1ccc(N=Nc2ccc([N+](=O)[O-])cc2)cc1. The Morgan fingerprint density at radius 1 is 0.638 bits per heavy atom. The molecule has 0 saturated carbocycles.